The summed E-state index contributed by atoms with van der Waals surface area (Å²) in [6.45, 7) is 4.31. The minimum Gasteiger partial charge on any atom is -0.326 e. The molecule has 0 aliphatic carbocycles. The third kappa shape index (κ3) is 5.53. The Labute approximate surface area is 175 Å². The zero-order chi connectivity index (χ0) is 19.9. The molecule has 1 heterocycles. The Morgan fingerprint density at radius 2 is 1.93 bits per heavy atom. The average Bonchev–Trinajstić information content (AvgIpc) is 3.07. The van der Waals surface area contributed by atoms with Gasteiger partial charge < -0.3 is 5.32 Å². The van der Waals surface area contributed by atoms with Crippen LogP contribution in [-0.4, -0.2) is 26.4 Å². The first-order chi connectivity index (χ1) is 13.5. The van der Waals surface area contributed by atoms with Crippen molar-refractivity contribution in [1.82, 2.24) is 14.8 Å². The second-order valence-electron chi connectivity index (χ2n) is 5.85. The van der Waals surface area contributed by atoms with Crippen molar-refractivity contribution in [2.45, 2.75) is 18.1 Å². The SMILES string of the molecule is C=CCn1nc(SCCC(=O)Nc2ccc(F)cc2)nc1-c1ccc(Br)cc1. The lowest BCUT2D eigenvalue weighted by Crippen LogP contribution is -2.12. The van der Waals surface area contributed by atoms with E-state index in [0.29, 0.717) is 29.6 Å². The van der Waals surface area contributed by atoms with Crippen LogP contribution in [0, 0.1) is 5.82 Å². The average molecular weight is 461 g/mol. The molecule has 0 fully saturated rings. The van der Waals surface area contributed by atoms with Gasteiger partial charge in [0.1, 0.15) is 5.82 Å². The van der Waals surface area contributed by atoms with E-state index in [1.807, 2.05) is 24.3 Å². The van der Waals surface area contributed by atoms with Gasteiger partial charge in [0, 0.05) is 27.9 Å². The Bertz CT molecular complexity index is 957. The minimum absolute atomic E-state index is 0.141. The largest absolute Gasteiger partial charge is 0.326 e. The summed E-state index contributed by atoms with van der Waals surface area (Å²) in [5, 5.41) is 7.85. The fourth-order valence-electron chi connectivity index (χ4n) is 2.44. The van der Waals surface area contributed by atoms with Gasteiger partial charge in [-0.2, -0.15) is 0 Å². The smallest absolute Gasteiger partial charge is 0.225 e. The molecule has 2 aromatic carbocycles. The van der Waals surface area contributed by atoms with Crippen LogP contribution in [0.5, 0.6) is 0 Å². The first-order valence-electron chi connectivity index (χ1n) is 8.55. The standard InChI is InChI=1S/C20H18BrFN4OS/c1-2-12-26-19(14-3-5-15(21)6-4-14)24-20(25-26)28-13-11-18(27)23-17-9-7-16(22)8-10-17/h2-10H,1,11-13H2,(H,23,27). The molecule has 8 heteroatoms. The molecule has 1 N–H and O–H groups in total. The van der Waals surface area contributed by atoms with Gasteiger partial charge in [-0.15, -0.1) is 11.7 Å². The molecule has 0 aliphatic rings. The summed E-state index contributed by atoms with van der Waals surface area (Å²) in [6.07, 6.45) is 2.06. The molecule has 1 aromatic heterocycles. The Kier molecular flexibility index (Phi) is 7.00. The lowest BCUT2D eigenvalue weighted by molar-refractivity contribution is -0.115. The summed E-state index contributed by atoms with van der Waals surface area (Å²) in [5.74, 6) is 0.810. The molecule has 0 aliphatic heterocycles. The molecule has 3 aromatic rings. The zero-order valence-electron chi connectivity index (χ0n) is 14.9. The van der Waals surface area contributed by atoms with Crippen LogP contribution in [0.25, 0.3) is 11.4 Å². The first-order valence-corrected chi connectivity index (χ1v) is 10.3. The number of amides is 1. The van der Waals surface area contributed by atoms with Gasteiger partial charge in [0.15, 0.2) is 5.82 Å². The molecule has 0 saturated carbocycles. The minimum atomic E-state index is -0.337. The quantitative estimate of drug-likeness (QED) is 0.372. The van der Waals surface area contributed by atoms with Crippen LogP contribution < -0.4 is 5.32 Å². The van der Waals surface area contributed by atoms with Crippen LogP contribution in [0.1, 0.15) is 6.42 Å². The van der Waals surface area contributed by atoms with E-state index in [1.165, 1.54) is 36.0 Å². The molecule has 5 nitrogen and oxygen atoms in total. The molecule has 1 amide bonds. The van der Waals surface area contributed by atoms with Gasteiger partial charge in [0.05, 0.1) is 6.54 Å². The topological polar surface area (TPSA) is 59.8 Å². The predicted octanol–water partition coefficient (Wildman–Crippen LogP) is 5.15. The van der Waals surface area contributed by atoms with Crippen molar-refractivity contribution in [3.05, 3.63) is 71.5 Å². The number of thioether (sulfide) groups is 1. The van der Waals surface area contributed by atoms with Gasteiger partial charge in [-0.25, -0.2) is 14.1 Å². The highest BCUT2D eigenvalue weighted by Gasteiger charge is 2.12. The normalized spacial score (nSPS) is 10.6. The summed E-state index contributed by atoms with van der Waals surface area (Å²) in [5.41, 5.74) is 1.53. The van der Waals surface area contributed by atoms with Crippen LogP contribution in [0.3, 0.4) is 0 Å². The molecular weight excluding hydrogens is 443 g/mol. The van der Waals surface area contributed by atoms with Crippen molar-refractivity contribution >= 4 is 39.3 Å². The summed E-state index contributed by atoms with van der Waals surface area (Å²) >= 11 is 4.84. The number of aromatic nitrogens is 3. The number of nitrogens with zero attached hydrogens (tertiary/aromatic N) is 3. The van der Waals surface area contributed by atoms with Gasteiger partial charge in [0.2, 0.25) is 11.1 Å². The van der Waals surface area contributed by atoms with E-state index in [4.69, 9.17) is 0 Å². The number of carbonyl (C=O) groups is 1. The Morgan fingerprint density at radius 3 is 2.61 bits per heavy atom. The maximum atomic E-state index is 12.9. The summed E-state index contributed by atoms with van der Waals surface area (Å²) in [4.78, 5) is 16.6. The highest BCUT2D eigenvalue weighted by Crippen LogP contribution is 2.24. The molecule has 0 atom stereocenters. The molecule has 3 rings (SSSR count). The Balaban J connectivity index is 1.60. The lowest BCUT2D eigenvalue weighted by atomic mass is 10.2. The highest BCUT2D eigenvalue weighted by molar-refractivity contribution is 9.10. The van der Waals surface area contributed by atoms with Crippen molar-refractivity contribution in [3.63, 3.8) is 0 Å². The number of rotatable bonds is 8. The Hall–Kier alpha value is -2.45. The maximum absolute atomic E-state index is 12.9. The molecule has 0 spiro atoms. The summed E-state index contributed by atoms with van der Waals surface area (Å²) in [7, 11) is 0. The predicted molar refractivity (Wildman–Crippen MR) is 114 cm³/mol. The number of halogens is 2. The fourth-order valence-corrected chi connectivity index (χ4v) is 3.48. The monoisotopic (exact) mass is 460 g/mol. The van der Waals surface area contributed by atoms with Crippen LogP contribution in [0.15, 0.2) is 70.8 Å². The molecule has 0 bridgehead atoms. The van der Waals surface area contributed by atoms with Gasteiger partial charge in [-0.3, -0.25) is 4.79 Å². The molecule has 0 saturated heterocycles. The van der Waals surface area contributed by atoms with E-state index in [0.717, 1.165) is 15.9 Å². The van der Waals surface area contributed by atoms with Gasteiger partial charge in [-0.05, 0) is 36.4 Å². The van der Waals surface area contributed by atoms with Crippen molar-refractivity contribution in [2.24, 2.45) is 0 Å². The van der Waals surface area contributed by atoms with E-state index in [1.54, 1.807) is 10.8 Å². The lowest BCUT2D eigenvalue weighted by Gasteiger charge is -2.04. The molecular formula is C20H18BrFN4OS. The van der Waals surface area contributed by atoms with Crippen LogP contribution in [0.2, 0.25) is 0 Å². The van der Waals surface area contributed by atoms with E-state index in [-0.39, 0.29) is 11.7 Å². The highest BCUT2D eigenvalue weighted by atomic mass is 79.9. The number of nitrogens with one attached hydrogen (secondary N) is 1. The molecule has 0 radical (unpaired) electrons. The number of anilines is 1. The van der Waals surface area contributed by atoms with E-state index in [2.05, 4.69) is 37.9 Å². The third-order valence-corrected chi connectivity index (χ3v) is 5.11. The number of hydrogen-bond donors (Lipinski definition) is 1. The fraction of sp³-hybridized carbons (Fsp3) is 0.150. The van der Waals surface area contributed by atoms with Crippen molar-refractivity contribution in [1.29, 1.82) is 0 Å². The Morgan fingerprint density at radius 1 is 1.21 bits per heavy atom. The molecule has 0 unspecified atom stereocenters. The van der Waals surface area contributed by atoms with E-state index < -0.39 is 0 Å². The zero-order valence-corrected chi connectivity index (χ0v) is 17.3. The number of benzene rings is 2. The van der Waals surface area contributed by atoms with Gasteiger partial charge in [-0.1, -0.05) is 45.9 Å². The summed E-state index contributed by atoms with van der Waals surface area (Å²) in [6, 6.07) is 13.5. The van der Waals surface area contributed by atoms with E-state index in [9.17, 15) is 9.18 Å². The van der Waals surface area contributed by atoms with Crippen LogP contribution in [-0.2, 0) is 11.3 Å². The molecule has 28 heavy (non-hydrogen) atoms. The maximum Gasteiger partial charge on any atom is 0.225 e. The third-order valence-electron chi connectivity index (χ3n) is 3.75. The summed E-state index contributed by atoms with van der Waals surface area (Å²) < 4.78 is 15.7. The van der Waals surface area contributed by atoms with Gasteiger partial charge >= 0.3 is 0 Å². The number of allylic oxidation sites excluding steroid dienone is 1. The molecule has 144 valence electrons. The van der Waals surface area contributed by atoms with Crippen LogP contribution in [0.4, 0.5) is 10.1 Å². The van der Waals surface area contributed by atoms with E-state index >= 15 is 0 Å². The second kappa shape index (κ2) is 9.66. The van der Waals surface area contributed by atoms with Crippen LogP contribution >= 0.6 is 27.7 Å². The van der Waals surface area contributed by atoms with Gasteiger partial charge in [0.25, 0.3) is 0 Å². The number of hydrogen-bond acceptors (Lipinski definition) is 4. The second-order valence-corrected chi connectivity index (χ2v) is 7.83. The first kappa shape index (κ1) is 20.3. The van der Waals surface area contributed by atoms with Crippen molar-refractivity contribution < 1.29 is 9.18 Å². The van der Waals surface area contributed by atoms with Crippen molar-refractivity contribution in [3.8, 4) is 11.4 Å². The van der Waals surface area contributed by atoms with Crippen molar-refractivity contribution in [2.75, 3.05) is 11.1 Å². The number of carbonyl (C=O) groups excluding carboxylic acids is 1.